The van der Waals surface area contributed by atoms with E-state index in [2.05, 4.69) is 53.4 Å². The third-order valence-electron chi connectivity index (χ3n) is 5.23. The summed E-state index contributed by atoms with van der Waals surface area (Å²) in [5.41, 5.74) is 3.81. The molecule has 1 N–H and O–H groups in total. The summed E-state index contributed by atoms with van der Waals surface area (Å²) >= 11 is 0. The predicted octanol–water partition coefficient (Wildman–Crippen LogP) is 0.732. The molecule has 1 spiro atoms. The van der Waals surface area contributed by atoms with E-state index < -0.39 is 0 Å². The quantitative estimate of drug-likeness (QED) is 0.827. The van der Waals surface area contributed by atoms with Crippen LogP contribution in [0.4, 0.5) is 0 Å². The van der Waals surface area contributed by atoms with E-state index in [1.807, 2.05) is 6.07 Å². The normalized spacial score (nSPS) is 18.8. The third kappa shape index (κ3) is 2.89. The third-order valence-corrected chi connectivity index (χ3v) is 5.23. The van der Waals surface area contributed by atoms with Gasteiger partial charge in [-0.25, -0.2) is 0 Å². The number of rotatable bonds is 2. The lowest BCUT2D eigenvalue weighted by Crippen LogP contribution is -3.00. The SMILES string of the molecule is N=C1N(Cc2ccccc2)Cc2ccccc2C12CCOCC2.[Br-]. The van der Waals surface area contributed by atoms with Gasteiger partial charge in [-0.3, -0.25) is 5.41 Å². The number of hydrogen-bond donors (Lipinski definition) is 1. The average Bonchev–Trinajstić information content (AvgIpc) is 2.61. The minimum Gasteiger partial charge on any atom is -1.00 e. The summed E-state index contributed by atoms with van der Waals surface area (Å²) in [6.07, 6.45) is 1.82. The van der Waals surface area contributed by atoms with Gasteiger partial charge in [-0.2, -0.15) is 0 Å². The summed E-state index contributed by atoms with van der Waals surface area (Å²) in [6.45, 7) is 3.12. The number of nitrogens with one attached hydrogen (secondary N) is 1. The Morgan fingerprint density at radius 2 is 1.62 bits per heavy atom. The van der Waals surface area contributed by atoms with Gasteiger partial charge in [0.25, 0.3) is 0 Å². The molecule has 2 aliphatic heterocycles. The van der Waals surface area contributed by atoms with Crippen LogP contribution in [-0.2, 0) is 23.2 Å². The molecule has 0 aliphatic carbocycles. The molecule has 2 heterocycles. The first-order chi connectivity index (χ1) is 11.3. The summed E-state index contributed by atoms with van der Waals surface area (Å²) in [5.74, 6) is 0.767. The molecule has 2 aromatic carbocycles. The van der Waals surface area contributed by atoms with Gasteiger partial charge in [0.2, 0.25) is 0 Å². The van der Waals surface area contributed by atoms with Gasteiger partial charge in [-0.15, -0.1) is 0 Å². The summed E-state index contributed by atoms with van der Waals surface area (Å²) in [4.78, 5) is 2.24. The zero-order valence-corrected chi connectivity index (χ0v) is 15.3. The number of nitrogens with zero attached hydrogens (tertiary/aromatic N) is 1. The Labute approximate surface area is 153 Å². The van der Waals surface area contributed by atoms with Gasteiger partial charge < -0.3 is 26.6 Å². The molecule has 126 valence electrons. The van der Waals surface area contributed by atoms with Crippen LogP contribution in [0.2, 0.25) is 0 Å². The number of ether oxygens (including phenoxy) is 1. The highest BCUT2D eigenvalue weighted by Crippen LogP contribution is 2.42. The standard InChI is InChI=1S/C20H22N2O.BrH/c21-19-20(10-12-23-13-11-20)18-9-5-4-8-17(18)15-22(19)14-16-6-2-1-3-7-16;/h1-9,21H,10-15H2;1H/p-1. The van der Waals surface area contributed by atoms with Crippen LogP contribution in [0, 0.1) is 5.41 Å². The Hall–Kier alpha value is -1.65. The van der Waals surface area contributed by atoms with Crippen molar-refractivity contribution in [2.45, 2.75) is 31.3 Å². The van der Waals surface area contributed by atoms with Crippen molar-refractivity contribution in [1.29, 1.82) is 5.41 Å². The van der Waals surface area contributed by atoms with E-state index in [0.29, 0.717) is 0 Å². The maximum atomic E-state index is 8.94. The van der Waals surface area contributed by atoms with Crippen molar-refractivity contribution in [3.63, 3.8) is 0 Å². The van der Waals surface area contributed by atoms with E-state index in [-0.39, 0.29) is 22.4 Å². The fourth-order valence-corrected chi connectivity index (χ4v) is 4.00. The number of halogens is 1. The van der Waals surface area contributed by atoms with Crippen molar-refractivity contribution in [2.24, 2.45) is 0 Å². The zero-order chi connectivity index (χ0) is 15.7. The minimum absolute atomic E-state index is 0. The Bertz CT molecular complexity index is 711. The fourth-order valence-electron chi connectivity index (χ4n) is 4.00. The topological polar surface area (TPSA) is 36.3 Å². The molecule has 4 heteroatoms. The molecule has 24 heavy (non-hydrogen) atoms. The van der Waals surface area contributed by atoms with Gasteiger partial charge in [0.1, 0.15) is 5.84 Å². The summed E-state index contributed by atoms with van der Waals surface area (Å²) in [5, 5.41) is 8.94. The largest absolute Gasteiger partial charge is 1.00 e. The highest BCUT2D eigenvalue weighted by molar-refractivity contribution is 5.92. The second-order valence-electron chi connectivity index (χ2n) is 6.54. The molecule has 1 saturated heterocycles. The molecular formula is C20H22BrN2O-. The molecule has 3 nitrogen and oxygen atoms in total. The molecule has 0 amide bonds. The Kier molecular flexibility index (Phi) is 5.07. The molecule has 0 aromatic heterocycles. The van der Waals surface area contributed by atoms with Gasteiger partial charge in [-0.1, -0.05) is 54.6 Å². The highest BCUT2D eigenvalue weighted by atomic mass is 79.9. The molecular weight excluding hydrogens is 364 g/mol. The lowest BCUT2D eigenvalue weighted by molar-refractivity contribution is -0.00000643. The highest BCUT2D eigenvalue weighted by Gasteiger charge is 2.45. The van der Waals surface area contributed by atoms with Crippen molar-refractivity contribution in [3.05, 3.63) is 71.3 Å². The summed E-state index contributed by atoms with van der Waals surface area (Å²) < 4.78 is 5.60. The summed E-state index contributed by atoms with van der Waals surface area (Å²) in [7, 11) is 0. The van der Waals surface area contributed by atoms with Crippen LogP contribution in [0.25, 0.3) is 0 Å². The first kappa shape index (κ1) is 17.2. The summed E-state index contributed by atoms with van der Waals surface area (Å²) in [6, 6.07) is 19.1. The van der Waals surface area contributed by atoms with Gasteiger partial charge >= 0.3 is 0 Å². The number of fused-ring (bicyclic) bond motifs is 2. The zero-order valence-electron chi connectivity index (χ0n) is 13.7. The van der Waals surface area contributed by atoms with Crippen LogP contribution in [0.1, 0.15) is 29.5 Å². The maximum Gasteiger partial charge on any atom is 0.107 e. The molecule has 1 fully saturated rings. The van der Waals surface area contributed by atoms with Crippen LogP contribution in [0.15, 0.2) is 54.6 Å². The first-order valence-electron chi connectivity index (χ1n) is 8.34. The lowest BCUT2D eigenvalue weighted by atomic mass is 9.69. The van der Waals surface area contributed by atoms with E-state index in [4.69, 9.17) is 10.1 Å². The molecule has 4 rings (SSSR count). The molecule has 2 aliphatic rings. The van der Waals surface area contributed by atoms with Crippen molar-refractivity contribution in [2.75, 3.05) is 13.2 Å². The van der Waals surface area contributed by atoms with Gasteiger partial charge in [0, 0.05) is 26.3 Å². The van der Waals surface area contributed by atoms with E-state index in [0.717, 1.165) is 45.0 Å². The van der Waals surface area contributed by atoms with Crippen LogP contribution >= 0.6 is 0 Å². The van der Waals surface area contributed by atoms with E-state index in [1.165, 1.54) is 16.7 Å². The molecule has 0 radical (unpaired) electrons. The fraction of sp³-hybridized carbons (Fsp3) is 0.350. The van der Waals surface area contributed by atoms with Crippen molar-refractivity contribution >= 4 is 5.84 Å². The number of amidine groups is 1. The molecule has 0 unspecified atom stereocenters. The van der Waals surface area contributed by atoms with Crippen LogP contribution in [-0.4, -0.2) is 23.9 Å². The number of benzene rings is 2. The maximum absolute atomic E-state index is 8.94. The molecule has 0 atom stereocenters. The van der Waals surface area contributed by atoms with Crippen molar-refractivity contribution in [3.8, 4) is 0 Å². The molecule has 0 bridgehead atoms. The Morgan fingerprint density at radius 3 is 2.38 bits per heavy atom. The van der Waals surface area contributed by atoms with Crippen LogP contribution < -0.4 is 17.0 Å². The van der Waals surface area contributed by atoms with Gasteiger partial charge in [0.05, 0.1) is 5.41 Å². The Balaban J connectivity index is 0.00000169. The lowest BCUT2D eigenvalue weighted by Gasteiger charge is -2.47. The van der Waals surface area contributed by atoms with E-state index >= 15 is 0 Å². The smallest absolute Gasteiger partial charge is 0.107 e. The first-order valence-corrected chi connectivity index (χ1v) is 8.34. The molecule has 2 aromatic rings. The molecule has 0 saturated carbocycles. The van der Waals surface area contributed by atoms with Crippen LogP contribution in [0.3, 0.4) is 0 Å². The monoisotopic (exact) mass is 385 g/mol. The number of hydrogen-bond acceptors (Lipinski definition) is 2. The average molecular weight is 386 g/mol. The second kappa shape index (κ2) is 7.08. The van der Waals surface area contributed by atoms with Gasteiger partial charge in [0.15, 0.2) is 0 Å². The predicted molar refractivity (Wildman–Crippen MR) is 91.6 cm³/mol. The van der Waals surface area contributed by atoms with Crippen molar-refractivity contribution in [1.82, 2.24) is 4.90 Å². The Morgan fingerprint density at radius 1 is 0.958 bits per heavy atom. The van der Waals surface area contributed by atoms with E-state index in [9.17, 15) is 0 Å². The second-order valence-corrected chi connectivity index (χ2v) is 6.54. The van der Waals surface area contributed by atoms with E-state index in [1.54, 1.807) is 0 Å². The van der Waals surface area contributed by atoms with Crippen molar-refractivity contribution < 1.29 is 21.7 Å². The van der Waals surface area contributed by atoms with Crippen LogP contribution in [0.5, 0.6) is 0 Å². The minimum atomic E-state index is -0.165. The van der Waals surface area contributed by atoms with Gasteiger partial charge in [-0.05, 0) is 29.5 Å².